The van der Waals surface area contributed by atoms with E-state index >= 15 is 0 Å². The van der Waals surface area contributed by atoms with Gasteiger partial charge in [-0.25, -0.2) is 13.8 Å². The number of anilines is 1. The molecular weight excluding hydrogens is 465 g/mol. The van der Waals surface area contributed by atoms with Gasteiger partial charge in [0.05, 0.1) is 37.7 Å². The van der Waals surface area contributed by atoms with Gasteiger partial charge in [0.2, 0.25) is 0 Å². The number of fused-ring (bicyclic) bond motifs is 1. The summed E-state index contributed by atoms with van der Waals surface area (Å²) in [6, 6.07) is 6.30. The Morgan fingerprint density at radius 1 is 1.03 bits per heavy atom. The van der Waals surface area contributed by atoms with E-state index in [0.29, 0.717) is 11.3 Å². The first kappa shape index (κ1) is 23.7. The molecule has 0 aliphatic heterocycles. The van der Waals surface area contributed by atoms with Gasteiger partial charge in [0.15, 0.2) is 23.1 Å². The van der Waals surface area contributed by atoms with E-state index in [1.807, 2.05) is 0 Å². The molecule has 3 aromatic heterocycles. The van der Waals surface area contributed by atoms with Gasteiger partial charge in [0, 0.05) is 55.0 Å². The second-order valence-corrected chi connectivity index (χ2v) is 7.14. The van der Waals surface area contributed by atoms with Crippen molar-refractivity contribution in [2.24, 2.45) is 0 Å². The molecule has 0 radical (unpaired) electrons. The molecule has 1 amide bonds. The molecule has 1 N–H and O–H groups in total. The van der Waals surface area contributed by atoms with E-state index in [1.165, 1.54) is 44.0 Å². The molecular formula is C24H19F3N4O4. The Morgan fingerprint density at radius 3 is 2.54 bits per heavy atom. The van der Waals surface area contributed by atoms with Crippen LogP contribution in [0.25, 0.3) is 11.0 Å². The molecule has 0 fully saturated rings. The molecule has 4 aromatic rings. The van der Waals surface area contributed by atoms with E-state index in [0.717, 1.165) is 12.1 Å². The molecule has 1 aromatic carbocycles. The fraction of sp³-hybridized carbons (Fsp3) is 0.167. The molecule has 0 spiro atoms. The van der Waals surface area contributed by atoms with Crippen LogP contribution in [0.5, 0.6) is 23.0 Å². The molecule has 0 atom stereocenters. The maximum absolute atomic E-state index is 14.8. The predicted octanol–water partition coefficient (Wildman–Crippen LogP) is 5.09. The number of carbonyl (C=O) groups excluding carboxylic acids is 1. The zero-order chi connectivity index (χ0) is 24.8. The molecule has 0 bridgehead atoms. The largest absolute Gasteiger partial charge is 0.496 e. The van der Waals surface area contributed by atoms with E-state index in [1.54, 1.807) is 6.07 Å². The lowest BCUT2D eigenvalue weighted by Crippen LogP contribution is -2.14. The summed E-state index contributed by atoms with van der Waals surface area (Å²) in [7, 11) is 1.38. The van der Waals surface area contributed by atoms with Crippen molar-refractivity contribution in [3.05, 3.63) is 72.3 Å². The molecule has 35 heavy (non-hydrogen) atoms. The number of alkyl halides is 1. The van der Waals surface area contributed by atoms with E-state index in [9.17, 15) is 18.0 Å². The Morgan fingerprint density at radius 2 is 1.80 bits per heavy atom. The van der Waals surface area contributed by atoms with Gasteiger partial charge in [0.1, 0.15) is 17.0 Å². The third kappa shape index (κ3) is 5.40. The Hall–Kier alpha value is -4.41. The molecule has 11 heteroatoms. The van der Waals surface area contributed by atoms with Crippen LogP contribution in [-0.4, -0.2) is 41.3 Å². The van der Waals surface area contributed by atoms with Gasteiger partial charge in [-0.15, -0.1) is 0 Å². The van der Waals surface area contributed by atoms with Gasteiger partial charge < -0.3 is 19.5 Å². The molecule has 3 heterocycles. The highest BCUT2D eigenvalue weighted by atomic mass is 19.1. The summed E-state index contributed by atoms with van der Waals surface area (Å²) < 4.78 is 57.8. The minimum atomic E-state index is -1.05. The second kappa shape index (κ2) is 10.7. The highest BCUT2D eigenvalue weighted by Gasteiger charge is 2.19. The second-order valence-electron chi connectivity index (χ2n) is 7.14. The predicted molar refractivity (Wildman–Crippen MR) is 121 cm³/mol. The zero-order valence-corrected chi connectivity index (χ0v) is 18.4. The normalized spacial score (nSPS) is 10.7. The summed E-state index contributed by atoms with van der Waals surface area (Å²) in [5.74, 6) is -2.75. The van der Waals surface area contributed by atoms with E-state index in [2.05, 4.69) is 20.3 Å². The van der Waals surface area contributed by atoms with Crippen molar-refractivity contribution in [1.29, 1.82) is 0 Å². The standard InChI is InChI=1S/C24H19F3N4O4/c1-33-20-3-6-28-13-16(20)24(32)31-14-9-17(26)23(18(27)10-14)35-21-4-7-29-19-11-15(12-30-22(19)21)34-8-2-5-25/h3-4,6-7,9-13H,2,5,8H2,1H3,(H,31,32). The van der Waals surface area contributed by atoms with Crippen LogP contribution in [0.2, 0.25) is 0 Å². The van der Waals surface area contributed by atoms with E-state index < -0.39 is 30.0 Å². The van der Waals surface area contributed by atoms with Crippen LogP contribution in [0.1, 0.15) is 16.8 Å². The zero-order valence-electron chi connectivity index (χ0n) is 18.4. The number of carbonyl (C=O) groups is 1. The van der Waals surface area contributed by atoms with Crippen LogP contribution in [0.3, 0.4) is 0 Å². The van der Waals surface area contributed by atoms with Crippen LogP contribution < -0.4 is 19.5 Å². The van der Waals surface area contributed by atoms with Gasteiger partial charge in [-0.05, 0) is 6.07 Å². The summed E-state index contributed by atoms with van der Waals surface area (Å²) in [6.45, 7) is -0.332. The first-order valence-corrected chi connectivity index (χ1v) is 10.4. The topological polar surface area (TPSA) is 95.5 Å². The van der Waals surface area contributed by atoms with Crippen molar-refractivity contribution < 1.29 is 32.2 Å². The fourth-order valence-corrected chi connectivity index (χ4v) is 3.16. The summed E-state index contributed by atoms with van der Waals surface area (Å²) in [6.07, 6.45) is 5.72. The number of benzene rings is 1. The van der Waals surface area contributed by atoms with Crippen LogP contribution in [-0.2, 0) is 0 Å². The molecule has 0 aliphatic rings. The molecule has 0 saturated carbocycles. The van der Waals surface area contributed by atoms with Crippen LogP contribution in [0.4, 0.5) is 18.9 Å². The number of methoxy groups -OCH3 is 1. The van der Waals surface area contributed by atoms with Crippen molar-refractivity contribution in [2.45, 2.75) is 6.42 Å². The highest BCUT2D eigenvalue weighted by Crippen LogP contribution is 2.34. The number of ether oxygens (including phenoxy) is 3. The van der Waals surface area contributed by atoms with Crippen LogP contribution in [0, 0.1) is 11.6 Å². The Bertz CT molecular complexity index is 1350. The van der Waals surface area contributed by atoms with Crippen molar-refractivity contribution >= 4 is 22.6 Å². The summed E-state index contributed by atoms with van der Waals surface area (Å²) in [4.78, 5) is 24.7. The van der Waals surface area contributed by atoms with Crippen molar-refractivity contribution in [2.75, 3.05) is 25.7 Å². The van der Waals surface area contributed by atoms with Crippen molar-refractivity contribution in [1.82, 2.24) is 15.0 Å². The molecule has 0 saturated heterocycles. The Labute approximate surface area is 197 Å². The Balaban J connectivity index is 1.56. The van der Waals surface area contributed by atoms with E-state index in [-0.39, 0.29) is 41.3 Å². The molecule has 4 rings (SSSR count). The Kier molecular flexibility index (Phi) is 7.24. The van der Waals surface area contributed by atoms with E-state index in [4.69, 9.17) is 14.2 Å². The minimum Gasteiger partial charge on any atom is -0.496 e. The van der Waals surface area contributed by atoms with Gasteiger partial charge in [0.25, 0.3) is 5.91 Å². The maximum Gasteiger partial charge on any atom is 0.261 e. The monoisotopic (exact) mass is 484 g/mol. The lowest BCUT2D eigenvalue weighted by atomic mass is 10.2. The number of nitrogens with zero attached hydrogens (tertiary/aromatic N) is 3. The van der Waals surface area contributed by atoms with Crippen molar-refractivity contribution in [3.63, 3.8) is 0 Å². The average Bonchev–Trinajstić information content (AvgIpc) is 2.86. The average molecular weight is 484 g/mol. The lowest BCUT2D eigenvalue weighted by Gasteiger charge is -2.13. The van der Waals surface area contributed by atoms with Gasteiger partial charge in [-0.1, -0.05) is 0 Å². The van der Waals surface area contributed by atoms with Crippen LogP contribution in [0.15, 0.2) is 55.1 Å². The fourth-order valence-electron chi connectivity index (χ4n) is 3.16. The smallest absolute Gasteiger partial charge is 0.261 e. The summed E-state index contributed by atoms with van der Waals surface area (Å²) >= 11 is 0. The minimum absolute atomic E-state index is 0.0555. The third-order valence-corrected chi connectivity index (χ3v) is 4.78. The molecule has 0 unspecified atom stereocenters. The molecule has 180 valence electrons. The summed E-state index contributed by atoms with van der Waals surface area (Å²) in [5, 5.41) is 2.41. The number of hydrogen-bond acceptors (Lipinski definition) is 7. The summed E-state index contributed by atoms with van der Waals surface area (Å²) in [5.41, 5.74) is 0.565. The van der Waals surface area contributed by atoms with Crippen molar-refractivity contribution in [3.8, 4) is 23.0 Å². The third-order valence-electron chi connectivity index (χ3n) is 4.78. The number of halogens is 3. The number of nitrogens with one attached hydrogen (secondary N) is 1. The number of hydrogen-bond donors (Lipinski definition) is 1. The first-order chi connectivity index (χ1) is 17.0. The van der Waals surface area contributed by atoms with Gasteiger partial charge >= 0.3 is 0 Å². The quantitative estimate of drug-likeness (QED) is 0.331. The number of aromatic nitrogens is 3. The molecule has 8 nitrogen and oxygen atoms in total. The lowest BCUT2D eigenvalue weighted by molar-refractivity contribution is 0.102. The van der Waals surface area contributed by atoms with Crippen LogP contribution >= 0.6 is 0 Å². The highest BCUT2D eigenvalue weighted by molar-refractivity contribution is 6.06. The SMILES string of the molecule is COc1ccncc1C(=O)Nc1cc(F)c(Oc2ccnc3cc(OCCCF)cnc23)c(F)c1. The van der Waals surface area contributed by atoms with Gasteiger partial charge in [-0.2, -0.15) is 0 Å². The number of amides is 1. The first-order valence-electron chi connectivity index (χ1n) is 10.4. The number of rotatable bonds is 9. The van der Waals surface area contributed by atoms with Gasteiger partial charge in [-0.3, -0.25) is 19.2 Å². The maximum atomic E-state index is 14.8. The number of pyridine rings is 3. The molecule has 0 aliphatic carbocycles.